The largest absolute Gasteiger partial charge is 0.370 e. The van der Waals surface area contributed by atoms with Crippen molar-refractivity contribution < 1.29 is 0 Å². The van der Waals surface area contributed by atoms with Gasteiger partial charge in [-0.25, -0.2) is 9.97 Å². The molecule has 0 spiro atoms. The maximum Gasteiger partial charge on any atom is 0.139 e. The zero-order valence-corrected chi connectivity index (χ0v) is 12.0. The van der Waals surface area contributed by atoms with E-state index in [-0.39, 0.29) is 0 Å². The molecule has 1 heterocycles. The van der Waals surface area contributed by atoms with E-state index in [1.165, 1.54) is 0 Å². The highest BCUT2D eigenvalue weighted by Crippen LogP contribution is 2.24. The molecule has 5 heteroatoms. The van der Waals surface area contributed by atoms with Crippen molar-refractivity contribution in [2.45, 2.75) is 20.8 Å². The highest BCUT2D eigenvalue weighted by molar-refractivity contribution is 6.30. The Morgan fingerprint density at radius 3 is 2.58 bits per heavy atom. The first-order chi connectivity index (χ1) is 9.10. The number of halogens is 1. The maximum atomic E-state index is 5.98. The Balaban J connectivity index is 2.34. The van der Waals surface area contributed by atoms with Gasteiger partial charge in [-0.2, -0.15) is 0 Å². The van der Waals surface area contributed by atoms with Crippen molar-refractivity contribution in [3.63, 3.8) is 0 Å². The van der Waals surface area contributed by atoms with Crippen LogP contribution in [0.2, 0.25) is 5.02 Å². The third kappa shape index (κ3) is 3.35. The van der Waals surface area contributed by atoms with Gasteiger partial charge in [0.25, 0.3) is 0 Å². The van der Waals surface area contributed by atoms with Crippen molar-refractivity contribution in [2.75, 3.05) is 17.2 Å². The Labute approximate surface area is 118 Å². The van der Waals surface area contributed by atoms with Gasteiger partial charge in [0.2, 0.25) is 0 Å². The van der Waals surface area contributed by atoms with Gasteiger partial charge >= 0.3 is 0 Å². The number of benzene rings is 1. The fourth-order valence-electron chi connectivity index (χ4n) is 1.79. The molecule has 0 saturated heterocycles. The summed E-state index contributed by atoms with van der Waals surface area (Å²) < 4.78 is 0. The Bertz CT molecular complexity index is 584. The van der Waals surface area contributed by atoms with E-state index in [4.69, 9.17) is 11.6 Å². The van der Waals surface area contributed by atoms with Crippen LogP contribution in [0, 0.1) is 13.8 Å². The fourth-order valence-corrected chi connectivity index (χ4v) is 1.98. The summed E-state index contributed by atoms with van der Waals surface area (Å²) >= 11 is 5.98. The normalized spacial score (nSPS) is 10.3. The Hall–Kier alpha value is -1.81. The molecule has 19 heavy (non-hydrogen) atoms. The Morgan fingerprint density at radius 2 is 1.89 bits per heavy atom. The van der Waals surface area contributed by atoms with Gasteiger partial charge in [-0.3, -0.25) is 0 Å². The molecule has 0 bridgehead atoms. The van der Waals surface area contributed by atoms with Crippen molar-refractivity contribution >= 4 is 28.9 Å². The third-order valence-electron chi connectivity index (χ3n) is 2.69. The predicted octanol–water partition coefficient (Wildman–Crippen LogP) is 3.92. The SMILES string of the molecule is CCNc1nc(C)nc(Nc2cccc(Cl)c2)c1C. The number of rotatable bonds is 4. The number of anilines is 3. The van der Waals surface area contributed by atoms with Crippen LogP contribution in [0.25, 0.3) is 0 Å². The second-order valence-electron chi connectivity index (χ2n) is 4.26. The molecule has 0 radical (unpaired) electrons. The van der Waals surface area contributed by atoms with E-state index < -0.39 is 0 Å². The predicted molar refractivity (Wildman–Crippen MR) is 80.4 cm³/mol. The average molecular weight is 277 g/mol. The van der Waals surface area contributed by atoms with Gasteiger partial charge < -0.3 is 10.6 Å². The van der Waals surface area contributed by atoms with E-state index in [1.807, 2.05) is 45.0 Å². The molecule has 2 N–H and O–H groups in total. The molecule has 2 aromatic rings. The van der Waals surface area contributed by atoms with Gasteiger partial charge in [0, 0.05) is 22.8 Å². The van der Waals surface area contributed by atoms with Gasteiger partial charge in [-0.1, -0.05) is 17.7 Å². The van der Waals surface area contributed by atoms with E-state index in [1.54, 1.807) is 0 Å². The van der Waals surface area contributed by atoms with Gasteiger partial charge in [0.15, 0.2) is 0 Å². The van der Waals surface area contributed by atoms with Crippen LogP contribution in [0.1, 0.15) is 18.3 Å². The molecular formula is C14H17ClN4. The van der Waals surface area contributed by atoms with E-state index in [0.717, 1.165) is 35.3 Å². The monoisotopic (exact) mass is 276 g/mol. The quantitative estimate of drug-likeness (QED) is 0.889. The molecule has 0 unspecified atom stereocenters. The highest BCUT2D eigenvalue weighted by atomic mass is 35.5. The first kappa shape index (κ1) is 13.6. The van der Waals surface area contributed by atoms with Crippen molar-refractivity contribution in [1.82, 2.24) is 9.97 Å². The van der Waals surface area contributed by atoms with Crippen molar-refractivity contribution in [1.29, 1.82) is 0 Å². The molecule has 0 aliphatic rings. The summed E-state index contributed by atoms with van der Waals surface area (Å²) in [7, 11) is 0. The van der Waals surface area contributed by atoms with E-state index in [9.17, 15) is 0 Å². The third-order valence-corrected chi connectivity index (χ3v) is 2.92. The van der Waals surface area contributed by atoms with Crippen molar-refractivity contribution in [2.24, 2.45) is 0 Å². The molecule has 1 aromatic carbocycles. The lowest BCUT2D eigenvalue weighted by Gasteiger charge is -2.13. The van der Waals surface area contributed by atoms with Crippen molar-refractivity contribution in [3.8, 4) is 0 Å². The van der Waals surface area contributed by atoms with Gasteiger partial charge in [-0.05, 0) is 39.0 Å². The molecule has 0 aliphatic carbocycles. The summed E-state index contributed by atoms with van der Waals surface area (Å²) in [6.07, 6.45) is 0. The van der Waals surface area contributed by atoms with E-state index in [0.29, 0.717) is 5.02 Å². The second kappa shape index (κ2) is 5.89. The molecular weight excluding hydrogens is 260 g/mol. The molecule has 0 atom stereocenters. The molecule has 0 amide bonds. The Kier molecular flexibility index (Phi) is 4.22. The summed E-state index contributed by atoms with van der Waals surface area (Å²) in [6.45, 7) is 6.74. The van der Waals surface area contributed by atoms with Crippen LogP contribution in [-0.4, -0.2) is 16.5 Å². The maximum absolute atomic E-state index is 5.98. The minimum atomic E-state index is 0.695. The number of aryl methyl sites for hydroxylation is 1. The van der Waals surface area contributed by atoms with Crippen LogP contribution in [0.15, 0.2) is 24.3 Å². The van der Waals surface area contributed by atoms with E-state index in [2.05, 4.69) is 20.6 Å². The average Bonchev–Trinajstić information content (AvgIpc) is 2.35. The number of aromatic nitrogens is 2. The van der Waals surface area contributed by atoms with Crippen LogP contribution < -0.4 is 10.6 Å². The number of hydrogen-bond acceptors (Lipinski definition) is 4. The summed E-state index contributed by atoms with van der Waals surface area (Å²) in [5.41, 5.74) is 1.91. The van der Waals surface area contributed by atoms with Gasteiger partial charge in [0.1, 0.15) is 17.5 Å². The van der Waals surface area contributed by atoms with Gasteiger partial charge in [0.05, 0.1) is 0 Å². The molecule has 100 valence electrons. The summed E-state index contributed by atoms with van der Waals surface area (Å²) in [6, 6.07) is 7.56. The highest BCUT2D eigenvalue weighted by Gasteiger charge is 2.08. The molecule has 4 nitrogen and oxygen atoms in total. The number of nitrogens with zero attached hydrogens (tertiary/aromatic N) is 2. The first-order valence-electron chi connectivity index (χ1n) is 6.22. The van der Waals surface area contributed by atoms with Crippen LogP contribution in [0.4, 0.5) is 17.3 Å². The lowest BCUT2D eigenvalue weighted by molar-refractivity contribution is 1.02. The second-order valence-corrected chi connectivity index (χ2v) is 4.70. The minimum Gasteiger partial charge on any atom is -0.370 e. The molecule has 0 fully saturated rings. The summed E-state index contributed by atoms with van der Waals surface area (Å²) in [4.78, 5) is 8.83. The van der Waals surface area contributed by atoms with Crippen LogP contribution in [-0.2, 0) is 0 Å². The topological polar surface area (TPSA) is 49.8 Å². The fraction of sp³-hybridized carbons (Fsp3) is 0.286. The van der Waals surface area contributed by atoms with Crippen molar-refractivity contribution in [3.05, 3.63) is 40.7 Å². The van der Waals surface area contributed by atoms with E-state index >= 15 is 0 Å². The lowest BCUT2D eigenvalue weighted by Crippen LogP contribution is -2.07. The lowest BCUT2D eigenvalue weighted by atomic mass is 10.2. The first-order valence-corrected chi connectivity index (χ1v) is 6.59. The minimum absolute atomic E-state index is 0.695. The van der Waals surface area contributed by atoms with Crippen LogP contribution in [0.3, 0.4) is 0 Å². The molecule has 0 aliphatic heterocycles. The zero-order valence-electron chi connectivity index (χ0n) is 11.3. The molecule has 0 saturated carbocycles. The number of hydrogen-bond donors (Lipinski definition) is 2. The summed E-state index contributed by atoms with van der Waals surface area (Å²) in [5.74, 6) is 2.39. The standard InChI is InChI=1S/C14H17ClN4/c1-4-16-13-9(2)14(18-10(3)17-13)19-12-7-5-6-11(15)8-12/h5-8H,4H2,1-3H3,(H2,16,17,18,19). The van der Waals surface area contributed by atoms with Crippen LogP contribution in [0.5, 0.6) is 0 Å². The van der Waals surface area contributed by atoms with Gasteiger partial charge in [-0.15, -0.1) is 0 Å². The zero-order chi connectivity index (χ0) is 13.8. The molecule has 1 aromatic heterocycles. The smallest absolute Gasteiger partial charge is 0.139 e. The van der Waals surface area contributed by atoms with Crippen LogP contribution >= 0.6 is 11.6 Å². The summed E-state index contributed by atoms with van der Waals surface area (Å²) in [5, 5.41) is 7.21. The molecule has 2 rings (SSSR count). The number of nitrogens with one attached hydrogen (secondary N) is 2. The Morgan fingerprint density at radius 1 is 1.16 bits per heavy atom.